The predicted octanol–water partition coefficient (Wildman–Crippen LogP) is 3.06. The Bertz CT molecular complexity index is 1090. The summed E-state index contributed by atoms with van der Waals surface area (Å²) in [6.45, 7) is 2.51. The molecular formula is C27H35KN3O5P. The number of amides is 2. The standard InChI is InChI=1S/C27H34N3O5P.K.H/c1-20(25(31)29-16-8-14-23(29)26(32)30-17-9-15-24(30)27(33)34)28-36(35,18-21-10-4-2-5-11-21)19-22-12-6-3-7-13-22;;/h2-7,10-13,20,23-24H,8-9,14-19H2,1H3,(H,28,35)(H,33,34);;/t20-,23-,24-;;/m0../s1. The summed E-state index contributed by atoms with van der Waals surface area (Å²) in [4.78, 5) is 41.3. The van der Waals surface area contributed by atoms with Crippen LogP contribution in [0.5, 0.6) is 0 Å². The maximum absolute atomic E-state index is 14.2. The minimum absolute atomic E-state index is 0. The molecule has 0 bridgehead atoms. The first-order valence-electron chi connectivity index (χ1n) is 12.5. The number of hydrogen-bond donors (Lipinski definition) is 2. The minimum atomic E-state index is -3.07. The van der Waals surface area contributed by atoms with Gasteiger partial charge in [-0.1, -0.05) is 60.7 Å². The van der Waals surface area contributed by atoms with Gasteiger partial charge in [0.25, 0.3) is 0 Å². The van der Waals surface area contributed by atoms with Crippen LogP contribution in [-0.4, -0.2) is 115 Å². The third-order valence-corrected chi connectivity index (χ3v) is 9.61. The topological polar surface area (TPSA) is 107 Å². The Labute approximate surface area is 261 Å². The van der Waals surface area contributed by atoms with Gasteiger partial charge in [-0.3, -0.25) is 14.7 Å². The molecule has 2 aliphatic heterocycles. The SMILES string of the molecule is C[C@H](NP(=O)(Cc1ccccc1)Cc1ccccc1)C(=O)N1CCC[C@H]1C(=O)N1CCC[C@H]1C(=O)O.[KH]. The van der Waals surface area contributed by atoms with E-state index in [1.54, 1.807) is 11.8 Å². The van der Waals surface area contributed by atoms with Crippen molar-refractivity contribution in [1.29, 1.82) is 0 Å². The van der Waals surface area contributed by atoms with Gasteiger partial charge in [-0.2, -0.15) is 0 Å². The summed E-state index contributed by atoms with van der Waals surface area (Å²) in [5, 5.41) is 12.7. The van der Waals surface area contributed by atoms with E-state index >= 15 is 0 Å². The third-order valence-electron chi connectivity index (χ3n) is 7.00. The number of nitrogens with zero attached hydrogens (tertiary/aromatic N) is 2. The van der Waals surface area contributed by atoms with Gasteiger partial charge in [0.2, 0.25) is 11.8 Å². The van der Waals surface area contributed by atoms with E-state index in [0.29, 0.717) is 51.1 Å². The van der Waals surface area contributed by atoms with Gasteiger partial charge in [-0.05, 0) is 43.7 Å². The van der Waals surface area contributed by atoms with Gasteiger partial charge in [0, 0.05) is 25.4 Å². The van der Waals surface area contributed by atoms with E-state index < -0.39 is 31.4 Å². The first-order chi connectivity index (χ1) is 17.3. The van der Waals surface area contributed by atoms with Crippen molar-refractivity contribution in [2.24, 2.45) is 0 Å². The monoisotopic (exact) mass is 551 g/mol. The van der Waals surface area contributed by atoms with Crippen LogP contribution in [0.1, 0.15) is 43.7 Å². The second-order valence-electron chi connectivity index (χ2n) is 9.75. The Balaban J connectivity index is 0.00000380. The van der Waals surface area contributed by atoms with Crippen LogP contribution in [0.3, 0.4) is 0 Å². The Hall–Kier alpha value is -1.32. The van der Waals surface area contributed by atoms with Gasteiger partial charge in [0.1, 0.15) is 12.1 Å². The molecule has 0 unspecified atom stereocenters. The van der Waals surface area contributed by atoms with Crippen molar-refractivity contribution in [1.82, 2.24) is 14.9 Å². The summed E-state index contributed by atoms with van der Waals surface area (Å²) in [5.41, 5.74) is 1.85. The second-order valence-corrected chi connectivity index (χ2v) is 12.4. The van der Waals surface area contributed by atoms with Gasteiger partial charge in [-0.25, -0.2) is 4.79 Å². The summed E-state index contributed by atoms with van der Waals surface area (Å²) >= 11 is 0. The zero-order valence-corrected chi connectivity index (χ0v) is 21.5. The molecule has 2 fully saturated rings. The van der Waals surface area contributed by atoms with Crippen molar-refractivity contribution in [3.63, 3.8) is 0 Å². The van der Waals surface area contributed by atoms with Crippen LogP contribution in [0.4, 0.5) is 0 Å². The molecule has 2 N–H and O–H groups in total. The number of carboxylic acids is 1. The van der Waals surface area contributed by atoms with Crippen LogP contribution in [0.15, 0.2) is 60.7 Å². The van der Waals surface area contributed by atoms with Crippen molar-refractivity contribution in [3.05, 3.63) is 71.8 Å². The number of rotatable bonds is 9. The Morgan fingerprint density at radius 2 is 1.38 bits per heavy atom. The quantitative estimate of drug-likeness (QED) is 0.367. The summed E-state index contributed by atoms with van der Waals surface area (Å²) in [6, 6.07) is 16.9. The van der Waals surface area contributed by atoms with Crippen LogP contribution in [0.2, 0.25) is 0 Å². The Morgan fingerprint density at radius 3 is 1.89 bits per heavy atom. The summed E-state index contributed by atoms with van der Waals surface area (Å²) in [6.07, 6.45) is 2.86. The molecule has 0 radical (unpaired) electrons. The summed E-state index contributed by atoms with van der Waals surface area (Å²) in [5.74, 6) is -1.58. The molecule has 10 heteroatoms. The van der Waals surface area contributed by atoms with Crippen LogP contribution < -0.4 is 5.09 Å². The first-order valence-corrected chi connectivity index (χ1v) is 14.6. The van der Waals surface area contributed by atoms with Crippen molar-refractivity contribution in [3.8, 4) is 0 Å². The first kappa shape index (κ1) is 30.2. The molecule has 4 rings (SSSR count). The zero-order valence-electron chi connectivity index (χ0n) is 20.6. The van der Waals surface area contributed by atoms with Gasteiger partial charge >= 0.3 is 57.4 Å². The van der Waals surface area contributed by atoms with E-state index in [4.69, 9.17) is 0 Å². The van der Waals surface area contributed by atoms with Gasteiger partial charge < -0.3 is 19.5 Å². The van der Waals surface area contributed by atoms with Crippen LogP contribution in [0, 0.1) is 0 Å². The molecule has 0 spiro atoms. The molecule has 2 amide bonds. The van der Waals surface area contributed by atoms with E-state index in [9.17, 15) is 24.1 Å². The number of likely N-dealkylation sites (tertiary alicyclic amines) is 2. The van der Waals surface area contributed by atoms with E-state index in [0.717, 1.165) is 11.1 Å². The molecule has 8 nitrogen and oxygen atoms in total. The van der Waals surface area contributed by atoms with Gasteiger partial charge in [-0.15, -0.1) is 0 Å². The van der Waals surface area contributed by atoms with Crippen LogP contribution >= 0.6 is 7.29 Å². The maximum atomic E-state index is 14.2. The van der Waals surface area contributed by atoms with E-state index in [1.165, 1.54) is 4.90 Å². The fourth-order valence-electron chi connectivity index (χ4n) is 5.33. The third kappa shape index (κ3) is 7.63. The number of carbonyl (C=O) groups is 3. The molecule has 37 heavy (non-hydrogen) atoms. The van der Waals surface area contributed by atoms with Crippen molar-refractivity contribution in [2.75, 3.05) is 13.1 Å². The van der Waals surface area contributed by atoms with E-state index in [-0.39, 0.29) is 63.2 Å². The summed E-state index contributed by atoms with van der Waals surface area (Å²) in [7, 11) is -3.07. The number of benzene rings is 2. The normalized spacial score (nSPS) is 20.4. The fourth-order valence-corrected chi connectivity index (χ4v) is 8.04. The molecule has 194 valence electrons. The molecule has 0 aromatic heterocycles. The van der Waals surface area contributed by atoms with E-state index in [1.807, 2.05) is 60.7 Å². The van der Waals surface area contributed by atoms with Crippen molar-refractivity contribution >= 4 is 76.5 Å². The van der Waals surface area contributed by atoms with Gasteiger partial charge in [0.05, 0.1) is 6.04 Å². The number of aliphatic carboxylic acids is 1. The van der Waals surface area contributed by atoms with Crippen LogP contribution in [-0.2, 0) is 31.3 Å². The molecule has 2 saturated heterocycles. The zero-order chi connectivity index (χ0) is 25.7. The molecule has 0 aliphatic carbocycles. The molecular weight excluding hydrogens is 516 g/mol. The fraction of sp³-hybridized carbons (Fsp3) is 0.444. The molecule has 2 aromatic rings. The molecule has 2 aromatic carbocycles. The number of carbonyl (C=O) groups excluding carboxylic acids is 2. The van der Waals surface area contributed by atoms with Crippen LogP contribution in [0.25, 0.3) is 0 Å². The van der Waals surface area contributed by atoms with Crippen molar-refractivity contribution < 1.29 is 24.1 Å². The number of hydrogen-bond acceptors (Lipinski definition) is 4. The van der Waals surface area contributed by atoms with Crippen molar-refractivity contribution in [2.45, 2.75) is 63.1 Å². The average Bonchev–Trinajstić information content (AvgIpc) is 3.54. The molecule has 0 saturated carbocycles. The van der Waals surface area contributed by atoms with E-state index in [2.05, 4.69) is 5.09 Å². The predicted molar refractivity (Wildman–Crippen MR) is 145 cm³/mol. The number of carboxylic acid groups (broad SMARTS) is 1. The Morgan fingerprint density at radius 1 is 0.892 bits per heavy atom. The molecule has 3 atom stereocenters. The second kappa shape index (κ2) is 13.6. The molecule has 2 aliphatic rings. The Kier molecular flexibility index (Phi) is 11.1. The van der Waals surface area contributed by atoms with Gasteiger partial charge in [0.15, 0.2) is 7.29 Å². The summed E-state index contributed by atoms with van der Waals surface area (Å²) < 4.78 is 14.2. The molecule has 2 heterocycles. The number of nitrogens with one attached hydrogen (secondary N) is 1. The average molecular weight is 552 g/mol.